The number of hydrogen-bond acceptors (Lipinski definition) is 3. The van der Waals surface area contributed by atoms with Crippen LogP contribution in [0.4, 0.5) is 5.69 Å². The third kappa shape index (κ3) is 5.52. The van der Waals surface area contributed by atoms with Crippen molar-refractivity contribution in [3.05, 3.63) is 23.8 Å². The minimum atomic E-state index is 0.665. The van der Waals surface area contributed by atoms with Gasteiger partial charge in [-0.3, -0.25) is 4.90 Å². The number of benzene rings is 1. The van der Waals surface area contributed by atoms with Gasteiger partial charge in [0, 0.05) is 37.0 Å². The third-order valence-electron chi connectivity index (χ3n) is 2.95. The quantitative estimate of drug-likeness (QED) is 0.767. The molecule has 0 unspecified atom stereocenters. The van der Waals surface area contributed by atoms with Crippen LogP contribution < -0.4 is 10.5 Å². The average Bonchev–Trinajstić information content (AvgIpc) is 2.29. The second kappa shape index (κ2) is 7.39. The van der Waals surface area contributed by atoms with E-state index in [0.717, 1.165) is 31.1 Å². The summed E-state index contributed by atoms with van der Waals surface area (Å²) >= 11 is 0. The predicted octanol–water partition coefficient (Wildman–Crippen LogP) is 3.39. The van der Waals surface area contributed by atoms with Crippen molar-refractivity contribution in [3.63, 3.8) is 0 Å². The topological polar surface area (TPSA) is 38.5 Å². The summed E-state index contributed by atoms with van der Waals surface area (Å²) in [5.41, 5.74) is 7.76. The lowest BCUT2D eigenvalue weighted by Gasteiger charge is -2.26. The van der Waals surface area contributed by atoms with Crippen LogP contribution in [0.2, 0.25) is 0 Å². The molecular weight excluding hydrogens is 236 g/mol. The summed E-state index contributed by atoms with van der Waals surface area (Å²) < 4.78 is 5.43. The van der Waals surface area contributed by atoms with Gasteiger partial charge in [0.05, 0.1) is 7.11 Å². The second-order valence-electron chi connectivity index (χ2n) is 6.05. The first kappa shape index (κ1) is 15.8. The Bertz CT molecular complexity index is 378. The lowest BCUT2D eigenvalue weighted by atomic mass is 10.1. The first-order valence-electron chi connectivity index (χ1n) is 7.07. The molecular formula is C16H28N2O. The summed E-state index contributed by atoms with van der Waals surface area (Å²) in [4.78, 5) is 2.49. The summed E-state index contributed by atoms with van der Waals surface area (Å²) in [5.74, 6) is 2.22. The smallest absolute Gasteiger partial charge is 0.125 e. The van der Waals surface area contributed by atoms with E-state index >= 15 is 0 Å². The van der Waals surface area contributed by atoms with E-state index in [0.29, 0.717) is 11.8 Å². The molecule has 0 spiro atoms. The van der Waals surface area contributed by atoms with E-state index < -0.39 is 0 Å². The molecule has 0 aliphatic rings. The molecule has 0 amide bonds. The monoisotopic (exact) mass is 264 g/mol. The fraction of sp³-hybridized carbons (Fsp3) is 0.625. The van der Waals surface area contributed by atoms with E-state index in [9.17, 15) is 0 Å². The van der Waals surface area contributed by atoms with Gasteiger partial charge in [0.1, 0.15) is 5.75 Å². The minimum Gasteiger partial charge on any atom is -0.496 e. The van der Waals surface area contributed by atoms with E-state index in [-0.39, 0.29) is 0 Å². The van der Waals surface area contributed by atoms with Crippen LogP contribution in [-0.2, 0) is 6.54 Å². The second-order valence-corrected chi connectivity index (χ2v) is 6.05. The number of rotatable bonds is 7. The highest BCUT2D eigenvalue weighted by atomic mass is 16.5. The largest absolute Gasteiger partial charge is 0.496 e. The SMILES string of the molecule is COc1cc(N)ccc1CN(CC(C)C)CC(C)C. The lowest BCUT2D eigenvalue weighted by molar-refractivity contribution is 0.209. The molecule has 0 radical (unpaired) electrons. The maximum atomic E-state index is 5.80. The third-order valence-corrected chi connectivity index (χ3v) is 2.95. The Balaban J connectivity index is 2.82. The number of nitrogen functional groups attached to an aromatic ring is 1. The molecule has 0 aliphatic carbocycles. The minimum absolute atomic E-state index is 0.665. The number of ether oxygens (including phenoxy) is 1. The van der Waals surface area contributed by atoms with Gasteiger partial charge in [0.2, 0.25) is 0 Å². The number of anilines is 1. The molecule has 0 aliphatic heterocycles. The first-order chi connectivity index (χ1) is 8.92. The number of nitrogens with zero attached hydrogens (tertiary/aromatic N) is 1. The fourth-order valence-electron chi connectivity index (χ4n) is 2.37. The fourth-order valence-corrected chi connectivity index (χ4v) is 2.37. The summed E-state index contributed by atoms with van der Waals surface area (Å²) in [6.45, 7) is 12.2. The normalized spacial score (nSPS) is 11.6. The Morgan fingerprint density at radius 3 is 2.16 bits per heavy atom. The van der Waals surface area contributed by atoms with Crippen LogP contribution in [0.5, 0.6) is 5.75 Å². The molecule has 1 aromatic rings. The molecule has 1 rings (SSSR count). The molecule has 3 nitrogen and oxygen atoms in total. The van der Waals surface area contributed by atoms with Crippen LogP contribution in [-0.4, -0.2) is 25.1 Å². The molecule has 0 fully saturated rings. The Hall–Kier alpha value is -1.22. The van der Waals surface area contributed by atoms with Crippen LogP contribution in [0.25, 0.3) is 0 Å². The zero-order valence-electron chi connectivity index (χ0n) is 12.9. The van der Waals surface area contributed by atoms with E-state index in [1.807, 2.05) is 12.1 Å². The number of methoxy groups -OCH3 is 1. The van der Waals surface area contributed by atoms with E-state index in [1.165, 1.54) is 5.56 Å². The maximum absolute atomic E-state index is 5.80. The Morgan fingerprint density at radius 2 is 1.68 bits per heavy atom. The number of nitrogens with two attached hydrogens (primary N) is 1. The van der Waals surface area contributed by atoms with E-state index in [4.69, 9.17) is 10.5 Å². The summed E-state index contributed by atoms with van der Waals surface area (Å²) in [6.07, 6.45) is 0. The van der Waals surface area contributed by atoms with Gasteiger partial charge in [0.25, 0.3) is 0 Å². The highest BCUT2D eigenvalue weighted by Gasteiger charge is 2.13. The summed E-state index contributed by atoms with van der Waals surface area (Å²) in [5, 5.41) is 0. The molecule has 19 heavy (non-hydrogen) atoms. The molecule has 3 heteroatoms. The van der Waals surface area contributed by atoms with Crippen LogP contribution in [0.1, 0.15) is 33.3 Å². The van der Waals surface area contributed by atoms with Crippen molar-refractivity contribution in [1.82, 2.24) is 4.90 Å². The Kier molecular flexibility index (Phi) is 6.16. The van der Waals surface area contributed by atoms with Crippen molar-refractivity contribution in [2.24, 2.45) is 11.8 Å². The predicted molar refractivity (Wildman–Crippen MR) is 82.4 cm³/mol. The molecule has 2 N–H and O–H groups in total. The average molecular weight is 264 g/mol. The van der Waals surface area contributed by atoms with Crippen molar-refractivity contribution in [2.75, 3.05) is 25.9 Å². The first-order valence-corrected chi connectivity index (χ1v) is 7.07. The zero-order valence-corrected chi connectivity index (χ0v) is 12.9. The van der Waals surface area contributed by atoms with Crippen LogP contribution >= 0.6 is 0 Å². The molecule has 0 heterocycles. The molecule has 108 valence electrons. The van der Waals surface area contributed by atoms with Crippen molar-refractivity contribution in [2.45, 2.75) is 34.2 Å². The molecule has 0 saturated heterocycles. The molecule has 0 atom stereocenters. The van der Waals surface area contributed by atoms with Crippen molar-refractivity contribution in [3.8, 4) is 5.75 Å². The van der Waals surface area contributed by atoms with Crippen LogP contribution in [0.3, 0.4) is 0 Å². The van der Waals surface area contributed by atoms with Gasteiger partial charge in [-0.15, -0.1) is 0 Å². The van der Waals surface area contributed by atoms with Gasteiger partial charge in [-0.25, -0.2) is 0 Å². The maximum Gasteiger partial charge on any atom is 0.125 e. The van der Waals surface area contributed by atoms with E-state index in [1.54, 1.807) is 7.11 Å². The van der Waals surface area contributed by atoms with E-state index in [2.05, 4.69) is 38.7 Å². The van der Waals surface area contributed by atoms with Crippen LogP contribution in [0.15, 0.2) is 18.2 Å². The van der Waals surface area contributed by atoms with Crippen molar-refractivity contribution >= 4 is 5.69 Å². The lowest BCUT2D eigenvalue weighted by Crippen LogP contribution is -2.31. The molecule has 0 saturated carbocycles. The Labute approximate surface area is 117 Å². The zero-order chi connectivity index (χ0) is 14.4. The van der Waals surface area contributed by atoms with Gasteiger partial charge in [-0.1, -0.05) is 33.8 Å². The molecule has 0 bridgehead atoms. The van der Waals surface area contributed by atoms with Gasteiger partial charge in [-0.05, 0) is 17.9 Å². The standard InChI is InChI=1S/C16H28N2O/c1-12(2)9-18(10-13(3)4)11-14-6-7-15(17)8-16(14)19-5/h6-8,12-13H,9-11,17H2,1-5H3. The molecule has 0 aromatic heterocycles. The van der Waals surface area contributed by atoms with Crippen molar-refractivity contribution in [1.29, 1.82) is 0 Å². The van der Waals surface area contributed by atoms with Gasteiger partial charge >= 0.3 is 0 Å². The number of hydrogen-bond donors (Lipinski definition) is 1. The van der Waals surface area contributed by atoms with Gasteiger partial charge in [-0.2, -0.15) is 0 Å². The molecule has 1 aromatic carbocycles. The van der Waals surface area contributed by atoms with Gasteiger partial charge in [0.15, 0.2) is 0 Å². The Morgan fingerprint density at radius 1 is 1.11 bits per heavy atom. The summed E-state index contributed by atoms with van der Waals surface area (Å²) in [7, 11) is 1.70. The highest BCUT2D eigenvalue weighted by molar-refractivity contribution is 5.48. The van der Waals surface area contributed by atoms with Crippen LogP contribution in [0, 0.1) is 11.8 Å². The highest BCUT2D eigenvalue weighted by Crippen LogP contribution is 2.23. The van der Waals surface area contributed by atoms with Gasteiger partial charge < -0.3 is 10.5 Å². The van der Waals surface area contributed by atoms with Crippen molar-refractivity contribution < 1.29 is 4.74 Å². The summed E-state index contributed by atoms with van der Waals surface area (Å²) in [6, 6.07) is 5.92.